The van der Waals surface area contributed by atoms with E-state index in [0.717, 1.165) is 5.56 Å². The molecular formula is C16H13ClN4O3. The largest absolute Gasteiger partial charge is 0.432 e. The number of hydrogen-bond donors (Lipinski definition) is 1. The van der Waals surface area contributed by atoms with Crippen molar-refractivity contribution in [1.29, 1.82) is 0 Å². The van der Waals surface area contributed by atoms with Gasteiger partial charge in [-0.2, -0.15) is 5.10 Å². The first-order valence-corrected chi connectivity index (χ1v) is 7.53. The number of aromatic nitrogens is 3. The van der Waals surface area contributed by atoms with E-state index >= 15 is 0 Å². The highest BCUT2D eigenvalue weighted by Gasteiger charge is 2.13. The zero-order valence-electron chi connectivity index (χ0n) is 12.5. The summed E-state index contributed by atoms with van der Waals surface area (Å²) in [5, 5.41) is 7.15. The number of carbonyl (C=O) groups excluding carboxylic acids is 1. The minimum absolute atomic E-state index is 0.0479. The van der Waals surface area contributed by atoms with Gasteiger partial charge in [0.2, 0.25) is 0 Å². The highest BCUT2D eigenvalue weighted by atomic mass is 35.5. The fourth-order valence-corrected chi connectivity index (χ4v) is 2.16. The number of rotatable bonds is 5. The van der Waals surface area contributed by atoms with Gasteiger partial charge in [-0.05, 0) is 30.3 Å². The average Bonchev–Trinajstić information content (AvgIpc) is 3.07. The van der Waals surface area contributed by atoms with Gasteiger partial charge in [0.05, 0.1) is 12.7 Å². The van der Waals surface area contributed by atoms with E-state index < -0.39 is 5.91 Å². The summed E-state index contributed by atoms with van der Waals surface area (Å²) in [5.74, 6) is -0.0368. The molecule has 0 aliphatic carbocycles. The van der Waals surface area contributed by atoms with E-state index in [9.17, 15) is 9.59 Å². The van der Waals surface area contributed by atoms with Crippen molar-refractivity contribution in [3.8, 4) is 11.3 Å². The molecule has 0 radical (unpaired) electrons. The predicted octanol–water partition coefficient (Wildman–Crippen LogP) is 1.98. The van der Waals surface area contributed by atoms with Crippen molar-refractivity contribution in [2.75, 3.05) is 6.54 Å². The first-order chi connectivity index (χ1) is 11.6. The molecule has 0 aliphatic heterocycles. The summed E-state index contributed by atoms with van der Waals surface area (Å²) >= 11 is 5.83. The van der Waals surface area contributed by atoms with Crippen molar-refractivity contribution in [2.24, 2.45) is 0 Å². The molecule has 3 rings (SSSR count). The number of benzene rings is 1. The van der Waals surface area contributed by atoms with Crippen molar-refractivity contribution in [1.82, 2.24) is 20.1 Å². The number of hydrogen-bond acceptors (Lipinski definition) is 5. The molecule has 122 valence electrons. The Morgan fingerprint density at radius 3 is 2.79 bits per heavy atom. The van der Waals surface area contributed by atoms with Gasteiger partial charge in [0.25, 0.3) is 11.4 Å². The predicted molar refractivity (Wildman–Crippen MR) is 87.8 cm³/mol. The van der Waals surface area contributed by atoms with Gasteiger partial charge in [-0.1, -0.05) is 11.6 Å². The first kappa shape index (κ1) is 15.9. The maximum absolute atomic E-state index is 12.0. The molecular weight excluding hydrogens is 332 g/mol. The molecule has 0 unspecified atom stereocenters. The van der Waals surface area contributed by atoms with Crippen LogP contribution in [0.4, 0.5) is 0 Å². The van der Waals surface area contributed by atoms with Crippen LogP contribution in [-0.4, -0.2) is 27.2 Å². The molecule has 7 nitrogen and oxygen atoms in total. The van der Waals surface area contributed by atoms with Crippen molar-refractivity contribution in [3.63, 3.8) is 0 Å². The average molecular weight is 345 g/mol. The molecule has 1 aromatic carbocycles. The molecule has 0 fully saturated rings. The van der Waals surface area contributed by atoms with E-state index in [-0.39, 0.29) is 24.5 Å². The molecule has 0 bridgehead atoms. The minimum Gasteiger partial charge on any atom is -0.432 e. The minimum atomic E-state index is -0.459. The van der Waals surface area contributed by atoms with E-state index in [0.29, 0.717) is 10.8 Å². The van der Waals surface area contributed by atoms with E-state index in [2.05, 4.69) is 15.4 Å². The second kappa shape index (κ2) is 7.10. The van der Waals surface area contributed by atoms with Gasteiger partial charge < -0.3 is 9.73 Å². The Balaban J connectivity index is 1.61. The lowest BCUT2D eigenvalue weighted by molar-refractivity contribution is 0.0918. The van der Waals surface area contributed by atoms with Gasteiger partial charge in [0.15, 0.2) is 5.76 Å². The molecule has 0 spiro atoms. The van der Waals surface area contributed by atoms with E-state index in [1.54, 1.807) is 30.3 Å². The Morgan fingerprint density at radius 1 is 1.25 bits per heavy atom. The summed E-state index contributed by atoms with van der Waals surface area (Å²) < 4.78 is 6.71. The molecule has 1 N–H and O–H groups in total. The molecule has 2 heterocycles. The fraction of sp³-hybridized carbons (Fsp3) is 0.125. The number of oxazole rings is 1. The number of halogens is 1. The van der Waals surface area contributed by atoms with Crippen LogP contribution in [0.5, 0.6) is 0 Å². The van der Waals surface area contributed by atoms with Gasteiger partial charge >= 0.3 is 5.91 Å². The lowest BCUT2D eigenvalue weighted by Gasteiger charge is -2.04. The number of amides is 1. The molecule has 0 aliphatic rings. The number of nitrogens with zero attached hydrogens (tertiary/aromatic N) is 3. The zero-order valence-corrected chi connectivity index (χ0v) is 13.2. The lowest BCUT2D eigenvalue weighted by Crippen LogP contribution is -2.31. The van der Waals surface area contributed by atoms with E-state index in [4.69, 9.17) is 16.0 Å². The van der Waals surface area contributed by atoms with Crippen LogP contribution >= 0.6 is 11.6 Å². The highest BCUT2D eigenvalue weighted by Crippen LogP contribution is 2.22. The molecule has 3 aromatic rings. The smallest absolute Gasteiger partial charge is 0.307 e. The van der Waals surface area contributed by atoms with Crippen molar-refractivity contribution in [3.05, 3.63) is 70.1 Å². The van der Waals surface area contributed by atoms with Gasteiger partial charge in [0, 0.05) is 29.4 Å². The Labute approximate surface area is 141 Å². The van der Waals surface area contributed by atoms with Crippen molar-refractivity contribution in [2.45, 2.75) is 6.54 Å². The maximum atomic E-state index is 12.0. The fourth-order valence-electron chi connectivity index (χ4n) is 2.03. The topological polar surface area (TPSA) is 90.0 Å². The van der Waals surface area contributed by atoms with Crippen molar-refractivity contribution < 1.29 is 9.21 Å². The quantitative estimate of drug-likeness (QED) is 0.764. The maximum Gasteiger partial charge on any atom is 0.307 e. The molecule has 0 saturated carbocycles. The summed E-state index contributed by atoms with van der Waals surface area (Å²) in [7, 11) is 0. The third kappa shape index (κ3) is 3.69. The monoisotopic (exact) mass is 344 g/mol. The van der Waals surface area contributed by atoms with Crippen LogP contribution in [0, 0.1) is 0 Å². The summed E-state index contributed by atoms with van der Waals surface area (Å²) in [5.41, 5.74) is 0.541. The SMILES string of the molecule is O=C(NCCn1ncccc1=O)c1ncc(-c2ccc(Cl)cc2)o1. The Bertz CT molecular complexity index is 902. The first-order valence-electron chi connectivity index (χ1n) is 7.15. The van der Waals surface area contributed by atoms with Crippen LogP contribution in [0.25, 0.3) is 11.3 Å². The van der Waals surface area contributed by atoms with Gasteiger partial charge in [0.1, 0.15) is 0 Å². The molecule has 1 amide bonds. The Kier molecular flexibility index (Phi) is 4.72. The molecule has 2 aromatic heterocycles. The number of nitrogens with one attached hydrogen (secondary N) is 1. The Morgan fingerprint density at radius 2 is 2.04 bits per heavy atom. The van der Waals surface area contributed by atoms with Gasteiger partial charge in [-0.25, -0.2) is 9.67 Å². The standard InChI is InChI=1S/C16H13ClN4O3/c17-12-5-3-11(4-6-12)13-10-19-16(24-13)15(23)18-8-9-21-14(22)2-1-7-20-21/h1-7,10H,8-9H2,(H,18,23). The van der Waals surface area contributed by atoms with Crippen LogP contribution in [-0.2, 0) is 6.54 Å². The highest BCUT2D eigenvalue weighted by molar-refractivity contribution is 6.30. The van der Waals surface area contributed by atoms with E-state index in [1.807, 2.05) is 0 Å². The normalized spacial score (nSPS) is 10.5. The zero-order chi connectivity index (χ0) is 16.9. The van der Waals surface area contributed by atoms with Crippen LogP contribution in [0.2, 0.25) is 5.02 Å². The lowest BCUT2D eigenvalue weighted by atomic mass is 10.2. The molecule has 0 saturated heterocycles. The van der Waals surface area contributed by atoms with Crippen LogP contribution in [0.1, 0.15) is 10.7 Å². The van der Waals surface area contributed by atoms with E-state index in [1.165, 1.54) is 23.1 Å². The summed E-state index contributed by atoms with van der Waals surface area (Å²) in [6.45, 7) is 0.491. The number of carbonyl (C=O) groups is 1. The van der Waals surface area contributed by atoms with Crippen LogP contribution < -0.4 is 10.9 Å². The molecule has 24 heavy (non-hydrogen) atoms. The van der Waals surface area contributed by atoms with Crippen molar-refractivity contribution >= 4 is 17.5 Å². The molecule has 0 atom stereocenters. The third-order valence-electron chi connectivity index (χ3n) is 3.22. The third-order valence-corrected chi connectivity index (χ3v) is 3.48. The van der Waals surface area contributed by atoms with Gasteiger partial charge in [-0.15, -0.1) is 0 Å². The molecule has 8 heteroatoms. The Hall–Kier alpha value is -2.93. The van der Waals surface area contributed by atoms with Crippen LogP contribution in [0.3, 0.4) is 0 Å². The summed E-state index contributed by atoms with van der Waals surface area (Å²) in [6.07, 6.45) is 2.98. The second-order valence-electron chi connectivity index (χ2n) is 4.88. The summed E-state index contributed by atoms with van der Waals surface area (Å²) in [4.78, 5) is 27.5. The second-order valence-corrected chi connectivity index (χ2v) is 5.31. The van der Waals surface area contributed by atoms with Gasteiger partial charge in [-0.3, -0.25) is 9.59 Å². The van der Waals surface area contributed by atoms with Crippen LogP contribution in [0.15, 0.2) is 58.0 Å². The summed E-state index contributed by atoms with van der Waals surface area (Å²) in [6, 6.07) is 9.97.